The highest BCUT2D eigenvalue weighted by Gasteiger charge is 2.17. The van der Waals surface area contributed by atoms with Gasteiger partial charge in [-0.1, -0.05) is 12.1 Å². The van der Waals surface area contributed by atoms with E-state index in [4.69, 9.17) is 0 Å². The van der Waals surface area contributed by atoms with Crippen LogP contribution in [0.3, 0.4) is 0 Å². The van der Waals surface area contributed by atoms with Crippen molar-refractivity contribution in [1.29, 1.82) is 0 Å². The molecule has 0 aliphatic carbocycles. The number of benzene rings is 1. The summed E-state index contributed by atoms with van der Waals surface area (Å²) in [6, 6.07) is 11.9. The third kappa shape index (κ3) is 3.38. The molecule has 28 heavy (non-hydrogen) atoms. The number of fused-ring (bicyclic) bond motifs is 1. The van der Waals surface area contributed by atoms with Crippen LogP contribution in [-0.4, -0.2) is 37.0 Å². The SMILES string of the molecule is Cc1cc(C(=O)NCCc2ccc(-n3cccn3)cc2)c2c(C)nn(C)c2n1. The summed E-state index contributed by atoms with van der Waals surface area (Å²) < 4.78 is 3.54. The first-order valence-electron chi connectivity index (χ1n) is 9.21. The number of carbonyl (C=O) groups excluding carboxylic acids is 1. The summed E-state index contributed by atoms with van der Waals surface area (Å²) in [6.45, 7) is 4.35. The number of aryl methyl sites for hydroxylation is 3. The summed E-state index contributed by atoms with van der Waals surface area (Å²) >= 11 is 0. The number of rotatable bonds is 5. The molecule has 0 atom stereocenters. The van der Waals surface area contributed by atoms with Gasteiger partial charge >= 0.3 is 0 Å². The molecule has 1 aromatic carbocycles. The molecule has 0 aliphatic rings. The first-order chi connectivity index (χ1) is 13.5. The lowest BCUT2D eigenvalue weighted by atomic mass is 10.1. The molecule has 0 saturated carbocycles. The first-order valence-corrected chi connectivity index (χ1v) is 9.21. The van der Waals surface area contributed by atoms with Crippen LogP contribution < -0.4 is 5.32 Å². The first kappa shape index (κ1) is 17.9. The molecule has 1 N–H and O–H groups in total. The molecule has 4 rings (SSSR count). The lowest BCUT2D eigenvalue weighted by molar-refractivity contribution is 0.0955. The molecule has 3 heterocycles. The molecule has 0 fully saturated rings. The fourth-order valence-electron chi connectivity index (χ4n) is 3.40. The van der Waals surface area contributed by atoms with Crippen LogP contribution in [0.5, 0.6) is 0 Å². The summed E-state index contributed by atoms with van der Waals surface area (Å²) in [4.78, 5) is 17.3. The van der Waals surface area contributed by atoms with Crippen LogP contribution in [0, 0.1) is 13.8 Å². The Morgan fingerprint density at radius 1 is 1.18 bits per heavy atom. The van der Waals surface area contributed by atoms with Crippen LogP contribution in [0.25, 0.3) is 16.7 Å². The van der Waals surface area contributed by atoms with Gasteiger partial charge < -0.3 is 5.32 Å². The highest BCUT2D eigenvalue weighted by atomic mass is 16.1. The van der Waals surface area contributed by atoms with E-state index in [2.05, 4.69) is 32.6 Å². The van der Waals surface area contributed by atoms with Gasteiger partial charge in [0.1, 0.15) is 0 Å². The van der Waals surface area contributed by atoms with E-state index in [0.29, 0.717) is 12.1 Å². The second kappa shape index (κ2) is 7.26. The normalized spacial score (nSPS) is 11.1. The maximum atomic E-state index is 12.8. The zero-order valence-corrected chi connectivity index (χ0v) is 16.2. The number of hydrogen-bond acceptors (Lipinski definition) is 4. The number of carbonyl (C=O) groups is 1. The molecule has 4 aromatic rings. The van der Waals surface area contributed by atoms with Crippen LogP contribution in [-0.2, 0) is 13.5 Å². The van der Waals surface area contributed by atoms with Crippen molar-refractivity contribution < 1.29 is 4.79 Å². The molecule has 0 aliphatic heterocycles. The smallest absolute Gasteiger partial charge is 0.252 e. The van der Waals surface area contributed by atoms with E-state index in [1.165, 1.54) is 0 Å². The molecular formula is C21H22N6O. The number of nitrogens with zero attached hydrogens (tertiary/aromatic N) is 5. The lowest BCUT2D eigenvalue weighted by Gasteiger charge is -2.08. The lowest BCUT2D eigenvalue weighted by Crippen LogP contribution is -2.26. The Bertz CT molecular complexity index is 1130. The topological polar surface area (TPSA) is 77.6 Å². The van der Waals surface area contributed by atoms with Gasteiger partial charge in [-0.05, 0) is 50.1 Å². The highest BCUT2D eigenvalue weighted by molar-refractivity contribution is 6.06. The van der Waals surface area contributed by atoms with Gasteiger partial charge in [0, 0.05) is 31.7 Å². The third-order valence-corrected chi connectivity index (χ3v) is 4.75. The van der Waals surface area contributed by atoms with Gasteiger partial charge in [0.05, 0.1) is 22.3 Å². The van der Waals surface area contributed by atoms with Crippen molar-refractivity contribution in [2.45, 2.75) is 20.3 Å². The number of pyridine rings is 1. The predicted octanol–water partition coefficient (Wildman–Crippen LogP) is 2.74. The van der Waals surface area contributed by atoms with Crippen molar-refractivity contribution in [3.63, 3.8) is 0 Å². The average molecular weight is 374 g/mol. The Kier molecular flexibility index (Phi) is 4.65. The Hall–Kier alpha value is -3.48. The Morgan fingerprint density at radius 2 is 1.96 bits per heavy atom. The zero-order valence-electron chi connectivity index (χ0n) is 16.2. The molecule has 0 radical (unpaired) electrons. The van der Waals surface area contributed by atoms with E-state index in [1.807, 2.05) is 56.0 Å². The molecule has 0 spiro atoms. The molecule has 7 heteroatoms. The van der Waals surface area contributed by atoms with E-state index in [1.54, 1.807) is 10.9 Å². The molecule has 0 unspecified atom stereocenters. The molecule has 142 valence electrons. The predicted molar refractivity (Wildman–Crippen MR) is 108 cm³/mol. The quantitative estimate of drug-likeness (QED) is 0.583. The number of aromatic nitrogens is 5. The molecule has 0 saturated heterocycles. The molecule has 7 nitrogen and oxygen atoms in total. The fraction of sp³-hybridized carbons (Fsp3) is 0.238. The van der Waals surface area contributed by atoms with Crippen molar-refractivity contribution in [3.8, 4) is 5.69 Å². The van der Waals surface area contributed by atoms with Crippen LogP contribution in [0.4, 0.5) is 0 Å². The standard InChI is InChI=1S/C21H22N6O/c1-14-13-18(19-15(2)25-26(3)20(19)24-14)21(28)22-11-9-16-5-7-17(8-6-16)27-12-4-10-23-27/h4-8,10,12-13H,9,11H2,1-3H3,(H,22,28). The maximum absolute atomic E-state index is 12.8. The second-order valence-corrected chi connectivity index (χ2v) is 6.84. The van der Waals surface area contributed by atoms with E-state index in [-0.39, 0.29) is 5.91 Å². The van der Waals surface area contributed by atoms with Gasteiger partial charge in [-0.15, -0.1) is 0 Å². The van der Waals surface area contributed by atoms with Crippen LogP contribution >= 0.6 is 0 Å². The molecular weight excluding hydrogens is 352 g/mol. The Balaban J connectivity index is 1.44. The van der Waals surface area contributed by atoms with Gasteiger partial charge in [-0.3, -0.25) is 9.48 Å². The van der Waals surface area contributed by atoms with Crippen LogP contribution in [0.2, 0.25) is 0 Å². The summed E-state index contributed by atoms with van der Waals surface area (Å²) in [6.07, 6.45) is 4.42. The van der Waals surface area contributed by atoms with E-state index >= 15 is 0 Å². The number of nitrogens with one attached hydrogen (secondary N) is 1. The highest BCUT2D eigenvalue weighted by Crippen LogP contribution is 2.21. The van der Waals surface area contributed by atoms with Crippen molar-refractivity contribution in [2.24, 2.45) is 7.05 Å². The average Bonchev–Trinajstić information content (AvgIpc) is 3.31. The van der Waals surface area contributed by atoms with Crippen molar-refractivity contribution in [1.82, 2.24) is 29.9 Å². The number of hydrogen-bond donors (Lipinski definition) is 1. The summed E-state index contributed by atoms with van der Waals surface area (Å²) in [5.74, 6) is -0.0974. The minimum atomic E-state index is -0.0974. The second-order valence-electron chi connectivity index (χ2n) is 6.84. The summed E-state index contributed by atoms with van der Waals surface area (Å²) in [7, 11) is 1.84. The Labute approximate surface area is 163 Å². The van der Waals surface area contributed by atoms with Crippen molar-refractivity contribution >= 4 is 16.9 Å². The monoisotopic (exact) mass is 374 g/mol. The number of amides is 1. The minimum Gasteiger partial charge on any atom is -0.352 e. The molecule has 3 aromatic heterocycles. The van der Waals surface area contributed by atoms with Crippen molar-refractivity contribution in [2.75, 3.05) is 6.54 Å². The zero-order chi connectivity index (χ0) is 19.7. The van der Waals surface area contributed by atoms with Gasteiger partial charge in [0.25, 0.3) is 5.91 Å². The van der Waals surface area contributed by atoms with Gasteiger partial charge in [0.15, 0.2) is 5.65 Å². The van der Waals surface area contributed by atoms with E-state index in [9.17, 15) is 4.79 Å². The molecule has 1 amide bonds. The summed E-state index contributed by atoms with van der Waals surface area (Å²) in [5.41, 5.74) is 5.14. The van der Waals surface area contributed by atoms with Crippen molar-refractivity contribution in [3.05, 3.63) is 71.3 Å². The van der Waals surface area contributed by atoms with E-state index in [0.717, 1.165) is 40.1 Å². The third-order valence-electron chi connectivity index (χ3n) is 4.75. The van der Waals surface area contributed by atoms with Gasteiger partial charge in [0.2, 0.25) is 0 Å². The van der Waals surface area contributed by atoms with Gasteiger partial charge in [-0.2, -0.15) is 10.2 Å². The largest absolute Gasteiger partial charge is 0.352 e. The van der Waals surface area contributed by atoms with Gasteiger partial charge in [-0.25, -0.2) is 9.67 Å². The minimum absolute atomic E-state index is 0.0974. The van der Waals surface area contributed by atoms with Crippen LogP contribution in [0.1, 0.15) is 27.3 Å². The van der Waals surface area contributed by atoms with Crippen LogP contribution in [0.15, 0.2) is 48.8 Å². The van der Waals surface area contributed by atoms with E-state index < -0.39 is 0 Å². The fourth-order valence-corrected chi connectivity index (χ4v) is 3.40. The Morgan fingerprint density at radius 3 is 2.68 bits per heavy atom. The maximum Gasteiger partial charge on any atom is 0.252 e. The summed E-state index contributed by atoms with van der Waals surface area (Å²) in [5, 5.41) is 12.5. The molecule has 0 bridgehead atoms.